The number of aromatic nitrogens is 2. The molecule has 0 aromatic carbocycles. The van der Waals surface area contributed by atoms with Crippen molar-refractivity contribution < 1.29 is 14.1 Å². The van der Waals surface area contributed by atoms with E-state index in [-0.39, 0.29) is 17.4 Å². The number of methoxy groups -OCH3 is 1. The lowest BCUT2D eigenvalue weighted by Crippen LogP contribution is -2.60. The Labute approximate surface area is 161 Å². The van der Waals surface area contributed by atoms with E-state index >= 15 is 0 Å². The summed E-state index contributed by atoms with van der Waals surface area (Å²) < 4.78 is 10.6. The molecule has 1 aromatic rings. The second-order valence-corrected chi connectivity index (χ2v) is 8.18. The molecule has 0 radical (unpaired) electrons. The predicted molar refractivity (Wildman–Crippen MR) is 101 cm³/mol. The molecule has 8 nitrogen and oxygen atoms in total. The van der Waals surface area contributed by atoms with Crippen LogP contribution in [-0.4, -0.2) is 89.8 Å². The SMILES string of the molecule is COCCN1CC[C@]2(CCC1=O)CN(Cc1nc(C(C)C)no1)CCN2C. The first-order chi connectivity index (χ1) is 12.9. The van der Waals surface area contributed by atoms with Crippen LogP contribution in [0, 0.1) is 0 Å². The first-order valence-corrected chi connectivity index (χ1v) is 9.96. The number of likely N-dealkylation sites (tertiary alicyclic amines) is 1. The molecule has 27 heavy (non-hydrogen) atoms. The van der Waals surface area contributed by atoms with Gasteiger partial charge in [-0.2, -0.15) is 4.98 Å². The summed E-state index contributed by atoms with van der Waals surface area (Å²) in [5.41, 5.74) is 0.0244. The zero-order valence-electron chi connectivity index (χ0n) is 17.1. The average molecular weight is 380 g/mol. The topological polar surface area (TPSA) is 74.9 Å². The minimum absolute atomic E-state index is 0.0244. The van der Waals surface area contributed by atoms with E-state index in [4.69, 9.17) is 9.26 Å². The standard InChI is InChI=1S/C19H33N5O3/c1-15(2)18-20-16(27-21-18)13-23-10-9-22(3)19(14-23)6-5-17(25)24(8-7-19)11-12-26-4/h15H,5-14H2,1-4H3/t19-/m1/s1. The van der Waals surface area contributed by atoms with Gasteiger partial charge in [0.1, 0.15) is 0 Å². The molecule has 3 rings (SSSR count). The highest BCUT2D eigenvalue weighted by molar-refractivity contribution is 5.76. The molecule has 2 aliphatic rings. The Morgan fingerprint density at radius 1 is 1.26 bits per heavy atom. The zero-order chi connectivity index (χ0) is 19.4. The maximum Gasteiger partial charge on any atom is 0.240 e. The first kappa shape index (κ1) is 20.2. The lowest BCUT2D eigenvalue weighted by atomic mass is 9.86. The van der Waals surface area contributed by atoms with Crippen LogP contribution in [-0.2, 0) is 16.1 Å². The van der Waals surface area contributed by atoms with Crippen LogP contribution in [0.1, 0.15) is 50.7 Å². The molecule has 1 spiro atoms. The average Bonchev–Trinajstić information content (AvgIpc) is 3.05. The van der Waals surface area contributed by atoms with Crippen LogP contribution in [0.4, 0.5) is 0 Å². The number of piperazine rings is 1. The molecule has 152 valence electrons. The maximum atomic E-state index is 12.5. The summed E-state index contributed by atoms with van der Waals surface area (Å²) in [6, 6.07) is 0. The fourth-order valence-corrected chi connectivity index (χ4v) is 4.11. The number of nitrogens with zero attached hydrogens (tertiary/aromatic N) is 5. The Morgan fingerprint density at radius 2 is 2.07 bits per heavy atom. The van der Waals surface area contributed by atoms with Gasteiger partial charge in [0.2, 0.25) is 11.8 Å². The van der Waals surface area contributed by atoms with Crippen molar-refractivity contribution in [1.29, 1.82) is 0 Å². The fourth-order valence-electron chi connectivity index (χ4n) is 4.11. The van der Waals surface area contributed by atoms with E-state index in [1.165, 1.54) is 0 Å². The van der Waals surface area contributed by atoms with Gasteiger partial charge in [-0.15, -0.1) is 0 Å². The van der Waals surface area contributed by atoms with Crippen molar-refractivity contribution in [3.05, 3.63) is 11.7 Å². The van der Waals surface area contributed by atoms with Crippen LogP contribution in [0.2, 0.25) is 0 Å². The largest absolute Gasteiger partial charge is 0.383 e. The van der Waals surface area contributed by atoms with E-state index in [1.54, 1.807) is 7.11 Å². The van der Waals surface area contributed by atoms with Crippen molar-refractivity contribution in [3.8, 4) is 0 Å². The summed E-state index contributed by atoms with van der Waals surface area (Å²) in [5, 5.41) is 4.08. The van der Waals surface area contributed by atoms with Crippen LogP contribution in [0.3, 0.4) is 0 Å². The Balaban J connectivity index is 1.66. The molecule has 0 aliphatic carbocycles. The van der Waals surface area contributed by atoms with Crippen LogP contribution >= 0.6 is 0 Å². The van der Waals surface area contributed by atoms with Gasteiger partial charge in [0.25, 0.3) is 0 Å². The molecular weight excluding hydrogens is 346 g/mol. The Hall–Kier alpha value is -1.51. The van der Waals surface area contributed by atoms with Gasteiger partial charge in [0, 0.05) is 57.7 Å². The van der Waals surface area contributed by atoms with Crippen LogP contribution in [0.25, 0.3) is 0 Å². The van der Waals surface area contributed by atoms with E-state index < -0.39 is 0 Å². The number of ether oxygens (including phenoxy) is 1. The summed E-state index contributed by atoms with van der Waals surface area (Å²) in [7, 11) is 3.87. The number of carbonyl (C=O) groups is 1. The third-order valence-corrected chi connectivity index (χ3v) is 6.01. The summed E-state index contributed by atoms with van der Waals surface area (Å²) >= 11 is 0. The minimum Gasteiger partial charge on any atom is -0.383 e. The number of carbonyl (C=O) groups excluding carboxylic acids is 1. The van der Waals surface area contributed by atoms with Gasteiger partial charge in [0.15, 0.2) is 5.82 Å². The van der Waals surface area contributed by atoms with Crippen molar-refractivity contribution in [2.45, 2.75) is 51.1 Å². The number of rotatable bonds is 6. The molecular formula is C19H33N5O3. The predicted octanol–water partition coefficient (Wildman–Crippen LogP) is 1.34. The van der Waals surface area contributed by atoms with E-state index in [0.29, 0.717) is 32.0 Å². The van der Waals surface area contributed by atoms with Gasteiger partial charge in [-0.25, -0.2) is 0 Å². The van der Waals surface area contributed by atoms with Crippen LogP contribution in [0.15, 0.2) is 4.52 Å². The Kier molecular flexibility index (Phi) is 6.49. The lowest BCUT2D eigenvalue weighted by molar-refractivity contribution is -0.131. The Bertz CT molecular complexity index is 635. The molecule has 2 aliphatic heterocycles. The van der Waals surface area contributed by atoms with Crippen LogP contribution in [0.5, 0.6) is 0 Å². The lowest BCUT2D eigenvalue weighted by Gasteiger charge is -2.49. The second kappa shape index (κ2) is 8.67. The highest BCUT2D eigenvalue weighted by atomic mass is 16.5. The van der Waals surface area contributed by atoms with E-state index in [0.717, 1.165) is 44.8 Å². The molecule has 1 aromatic heterocycles. The van der Waals surface area contributed by atoms with Crippen molar-refractivity contribution in [3.63, 3.8) is 0 Å². The minimum atomic E-state index is 0.0244. The van der Waals surface area contributed by atoms with Crippen LogP contribution < -0.4 is 0 Å². The van der Waals surface area contributed by atoms with E-state index in [2.05, 4.69) is 40.8 Å². The summed E-state index contributed by atoms with van der Waals surface area (Å²) in [6.07, 6.45) is 2.47. The molecule has 1 amide bonds. The van der Waals surface area contributed by atoms with E-state index in [9.17, 15) is 4.79 Å². The highest BCUT2D eigenvalue weighted by Crippen LogP contribution is 2.32. The Morgan fingerprint density at radius 3 is 2.78 bits per heavy atom. The molecule has 3 heterocycles. The molecule has 8 heteroatoms. The molecule has 1 atom stereocenters. The molecule has 0 saturated carbocycles. The summed E-state index contributed by atoms with van der Waals surface area (Å²) in [5.74, 6) is 1.97. The maximum absolute atomic E-state index is 12.5. The van der Waals surface area contributed by atoms with Gasteiger partial charge in [-0.3, -0.25) is 14.6 Å². The third-order valence-electron chi connectivity index (χ3n) is 6.01. The monoisotopic (exact) mass is 379 g/mol. The van der Waals surface area contributed by atoms with Crippen molar-refractivity contribution in [1.82, 2.24) is 24.8 Å². The van der Waals surface area contributed by atoms with Gasteiger partial charge in [-0.05, 0) is 19.9 Å². The number of amides is 1. The molecule has 2 saturated heterocycles. The van der Waals surface area contributed by atoms with Crippen molar-refractivity contribution in [2.24, 2.45) is 0 Å². The van der Waals surface area contributed by atoms with E-state index in [1.807, 2.05) is 4.90 Å². The zero-order valence-corrected chi connectivity index (χ0v) is 17.1. The molecule has 2 fully saturated rings. The second-order valence-electron chi connectivity index (χ2n) is 8.18. The van der Waals surface area contributed by atoms with Gasteiger partial charge >= 0.3 is 0 Å². The number of hydrogen-bond donors (Lipinski definition) is 0. The molecule has 0 unspecified atom stereocenters. The summed E-state index contributed by atoms with van der Waals surface area (Å²) in [4.78, 5) is 23.8. The smallest absolute Gasteiger partial charge is 0.240 e. The number of likely N-dealkylation sites (N-methyl/N-ethyl adjacent to an activating group) is 1. The quantitative estimate of drug-likeness (QED) is 0.738. The van der Waals surface area contributed by atoms with Crippen molar-refractivity contribution in [2.75, 3.05) is 53.5 Å². The third kappa shape index (κ3) is 4.67. The first-order valence-electron chi connectivity index (χ1n) is 9.96. The molecule has 0 N–H and O–H groups in total. The van der Waals surface area contributed by atoms with Gasteiger partial charge < -0.3 is 14.2 Å². The molecule has 0 bridgehead atoms. The fraction of sp³-hybridized carbons (Fsp3) is 0.842. The van der Waals surface area contributed by atoms with Gasteiger partial charge in [0.05, 0.1) is 13.2 Å². The normalized spacial score (nSPS) is 25.5. The van der Waals surface area contributed by atoms with Crippen molar-refractivity contribution >= 4 is 5.91 Å². The summed E-state index contributed by atoms with van der Waals surface area (Å²) in [6.45, 7) is 9.75. The highest BCUT2D eigenvalue weighted by Gasteiger charge is 2.42. The van der Waals surface area contributed by atoms with Gasteiger partial charge in [-0.1, -0.05) is 19.0 Å². The number of hydrogen-bond acceptors (Lipinski definition) is 7.